The van der Waals surface area contributed by atoms with Crippen molar-refractivity contribution in [3.8, 4) is 0 Å². The van der Waals surface area contributed by atoms with Crippen LogP contribution in [0.2, 0.25) is 5.82 Å². The van der Waals surface area contributed by atoms with Crippen LogP contribution in [0.25, 0.3) is 0 Å². The first-order valence-electron chi connectivity index (χ1n) is 10.4. The molecule has 0 aromatic carbocycles. The molecular weight excluding hydrogens is 325 g/mol. The number of fused-ring (bicyclic) bond motifs is 2. The van der Waals surface area contributed by atoms with Crippen molar-refractivity contribution in [1.29, 1.82) is 0 Å². The van der Waals surface area contributed by atoms with Crippen LogP contribution >= 0.6 is 0 Å². The van der Waals surface area contributed by atoms with Gasteiger partial charge >= 0.3 is 7.12 Å². The zero-order chi connectivity index (χ0) is 18.6. The average molecular weight is 359 g/mol. The monoisotopic (exact) mass is 359 g/mol. The van der Waals surface area contributed by atoms with Crippen LogP contribution < -0.4 is 0 Å². The molecule has 0 aromatic rings. The molecule has 3 aliphatic heterocycles. The molecule has 0 radical (unpaired) electrons. The zero-order valence-corrected chi connectivity index (χ0v) is 17.1. The predicted octanol–water partition coefficient (Wildman–Crippen LogP) is 4.19. The van der Waals surface area contributed by atoms with E-state index >= 15 is 0 Å². The van der Waals surface area contributed by atoms with Crippen LogP contribution in [-0.4, -0.2) is 49.5 Å². The van der Waals surface area contributed by atoms with Crippen LogP contribution in [0, 0.1) is 5.41 Å². The lowest BCUT2D eigenvalue weighted by Gasteiger charge is -2.35. The highest BCUT2D eigenvalue weighted by Crippen LogP contribution is 2.53. The fraction of sp³-hybridized carbons (Fsp3) is 0.810. The number of hydrogen-bond donors (Lipinski definition) is 0. The molecule has 0 bridgehead atoms. The minimum absolute atomic E-state index is 0.153. The zero-order valence-electron chi connectivity index (χ0n) is 17.1. The number of rotatable bonds is 3. The van der Waals surface area contributed by atoms with Crippen LogP contribution in [0.3, 0.4) is 0 Å². The third-order valence-corrected chi connectivity index (χ3v) is 7.21. The van der Waals surface area contributed by atoms with E-state index in [1.165, 1.54) is 12.1 Å². The van der Waals surface area contributed by atoms with Gasteiger partial charge in [0.1, 0.15) is 0 Å². The Morgan fingerprint density at radius 3 is 2.38 bits per heavy atom. The molecule has 3 saturated heterocycles. The topological polar surface area (TPSA) is 30.9 Å². The van der Waals surface area contributed by atoms with Gasteiger partial charge in [0.2, 0.25) is 0 Å². The second-order valence-electron chi connectivity index (χ2n) is 9.51. The lowest BCUT2D eigenvalue weighted by Crippen LogP contribution is -2.41. The SMILES string of the molecule is CCCN1CC2(CCOCC2)C2=CCC(B3OC(C)(C)C(C)(C)O3)C=C21. The van der Waals surface area contributed by atoms with Crippen molar-refractivity contribution in [3.63, 3.8) is 0 Å². The highest BCUT2D eigenvalue weighted by atomic mass is 16.7. The summed E-state index contributed by atoms with van der Waals surface area (Å²) >= 11 is 0. The molecule has 4 aliphatic rings. The van der Waals surface area contributed by atoms with E-state index in [9.17, 15) is 0 Å². The van der Waals surface area contributed by atoms with Crippen molar-refractivity contribution in [3.05, 3.63) is 23.4 Å². The van der Waals surface area contributed by atoms with Gasteiger partial charge in [-0.2, -0.15) is 0 Å². The summed E-state index contributed by atoms with van der Waals surface area (Å²) in [5.41, 5.74) is 2.80. The smallest absolute Gasteiger partial charge is 0.403 e. The predicted molar refractivity (Wildman–Crippen MR) is 105 cm³/mol. The Bertz CT molecular complexity index is 603. The van der Waals surface area contributed by atoms with E-state index in [1.54, 1.807) is 5.57 Å². The molecule has 1 spiro atoms. The van der Waals surface area contributed by atoms with E-state index in [1.807, 2.05) is 0 Å². The standard InChI is InChI=1S/C21H34BNO3/c1-6-11-23-15-21(9-12-24-13-10-21)17-8-7-16(14-18(17)23)22-25-19(2,3)20(4,5)26-22/h8,14,16H,6-7,9-13,15H2,1-5H3. The lowest BCUT2D eigenvalue weighted by molar-refractivity contribution is 0.00578. The fourth-order valence-corrected chi connectivity index (χ4v) is 4.93. The summed E-state index contributed by atoms with van der Waals surface area (Å²) in [7, 11) is -0.153. The van der Waals surface area contributed by atoms with E-state index in [0.29, 0.717) is 11.2 Å². The second-order valence-corrected chi connectivity index (χ2v) is 9.51. The van der Waals surface area contributed by atoms with Crippen LogP contribution in [0.5, 0.6) is 0 Å². The molecule has 0 amide bonds. The lowest BCUT2D eigenvalue weighted by atomic mass is 9.65. The summed E-state index contributed by atoms with van der Waals surface area (Å²) in [6, 6.07) is 0. The number of likely N-dealkylation sites (tertiary alicyclic amines) is 1. The van der Waals surface area contributed by atoms with Gasteiger partial charge in [-0.1, -0.05) is 19.1 Å². The summed E-state index contributed by atoms with van der Waals surface area (Å²) in [6.45, 7) is 14.9. The Labute approximate surface area is 159 Å². The molecule has 3 heterocycles. The number of allylic oxidation sites excluding steroid dienone is 3. The summed E-state index contributed by atoms with van der Waals surface area (Å²) in [6.07, 6.45) is 9.44. The van der Waals surface area contributed by atoms with Crippen LogP contribution in [-0.2, 0) is 14.0 Å². The largest absolute Gasteiger partial charge is 0.465 e. The minimum atomic E-state index is -0.263. The summed E-state index contributed by atoms with van der Waals surface area (Å²) in [5, 5.41) is 0. The van der Waals surface area contributed by atoms with E-state index < -0.39 is 0 Å². The Morgan fingerprint density at radius 1 is 1.12 bits per heavy atom. The molecule has 5 heteroatoms. The summed E-state index contributed by atoms with van der Waals surface area (Å²) in [5.74, 6) is 0.296. The van der Waals surface area contributed by atoms with Crippen molar-refractivity contribution in [2.75, 3.05) is 26.3 Å². The third kappa shape index (κ3) is 2.87. The van der Waals surface area contributed by atoms with Gasteiger partial charge in [-0.25, -0.2) is 0 Å². The summed E-state index contributed by atoms with van der Waals surface area (Å²) in [4.78, 5) is 2.61. The normalized spacial score (nSPS) is 31.8. The van der Waals surface area contributed by atoms with Gasteiger partial charge in [0, 0.05) is 43.2 Å². The molecule has 4 rings (SSSR count). The highest BCUT2D eigenvalue weighted by Gasteiger charge is 2.54. The Morgan fingerprint density at radius 2 is 1.77 bits per heavy atom. The summed E-state index contributed by atoms with van der Waals surface area (Å²) < 4.78 is 18.4. The molecular formula is C21H34BNO3. The van der Waals surface area contributed by atoms with Crippen LogP contribution in [0.1, 0.15) is 60.3 Å². The van der Waals surface area contributed by atoms with Gasteiger partial charge < -0.3 is 18.9 Å². The fourth-order valence-electron chi connectivity index (χ4n) is 4.93. The molecule has 3 fully saturated rings. The van der Waals surface area contributed by atoms with Crippen LogP contribution in [0.4, 0.5) is 0 Å². The highest BCUT2D eigenvalue weighted by molar-refractivity contribution is 6.48. The number of hydrogen-bond acceptors (Lipinski definition) is 4. The van der Waals surface area contributed by atoms with Crippen molar-refractivity contribution in [2.45, 2.75) is 77.3 Å². The molecule has 0 N–H and O–H groups in total. The molecule has 144 valence electrons. The van der Waals surface area contributed by atoms with E-state index in [4.69, 9.17) is 14.0 Å². The quantitative estimate of drug-likeness (QED) is 0.707. The van der Waals surface area contributed by atoms with Gasteiger partial charge in [0.05, 0.1) is 11.2 Å². The first-order valence-corrected chi connectivity index (χ1v) is 10.4. The van der Waals surface area contributed by atoms with Gasteiger partial charge in [-0.3, -0.25) is 0 Å². The third-order valence-electron chi connectivity index (χ3n) is 7.21. The van der Waals surface area contributed by atoms with E-state index in [2.05, 4.69) is 51.7 Å². The van der Waals surface area contributed by atoms with Crippen molar-refractivity contribution in [1.82, 2.24) is 4.90 Å². The van der Waals surface area contributed by atoms with Gasteiger partial charge in [0.15, 0.2) is 0 Å². The van der Waals surface area contributed by atoms with Gasteiger partial charge in [-0.15, -0.1) is 0 Å². The van der Waals surface area contributed by atoms with Crippen LogP contribution in [0.15, 0.2) is 23.4 Å². The maximum absolute atomic E-state index is 6.35. The van der Waals surface area contributed by atoms with E-state index in [0.717, 1.165) is 45.6 Å². The number of ether oxygens (including phenoxy) is 1. The van der Waals surface area contributed by atoms with Gasteiger partial charge in [-0.05, 0) is 59.0 Å². The first kappa shape index (κ1) is 18.6. The second kappa shape index (κ2) is 6.39. The van der Waals surface area contributed by atoms with E-state index in [-0.39, 0.29) is 18.3 Å². The molecule has 26 heavy (non-hydrogen) atoms. The molecule has 1 unspecified atom stereocenters. The molecule has 0 saturated carbocycles. The average Bonchev–Trinajstić information content (AvgIpc) is 2.99. The maximum atomic E-state index is 6.35. The minimum Gasteiger partial charge on any atom is -0.403 e. The molecule has 1 atom stereocenters. The van der Waals surface area contributed by atoms with Crippen molar-refractivity contribution < 1.29 is 14.0 Å². The molecule has 4 nitrogen and oxygen atoms in total. The number of nitrogens with zero attached hydrogens (tertiary/aromatic N) is 1. The van der Waals surface area contributed by atoms with Gasteiger partial charge in [0.25, 0.3) is 0 Å². The Balaban J connectivity index is 1.60. The molecule has 0 aromatic heterocycles. The first-order chi connectivity index (χ1) is 12.3. The molecule has 1 aliphatic carbocycles. The van der Waals surface area contributed by atoms with Crippen molar-refractivity contribution in [2.24, 2.45) is 5.41 Å². The maximum Gasteiger partial charge on any atom is 0.465 e. The van der Waals surface area contributed by atoms with Crippen molar-refractivity contribution >= 4 is 7.12 Å². The Kier molecular flexibility index (Phi) is 4.57. The Hall–Kier alpha value is -0.775.